The minimum atomic E-state index is -0.342. The molecule has 0 saturated carbocycles. The number of hydrogen-bond acceptors (Lipinski definition) is 7. The molecule has 0 fully saturated rings. The summed E-state index contributed by atoms with van der Waals surface area (Å²) in [6.45, 7) is 4.84. The lowest BCUT2D eigenvalue weighted by Crippen LogP contribution is -2.24. The van der Waals surface area contributed by atoms with E-state index in [1.165, 1.54) is 23.1 Å². The minimum absolute atomic E-state index is 0.105. The van der Waals surface area contributed by atoms with E-state index in [0.29, 0.717) is 16.7 Å². The first-order valence-corrected chi connectivity index (χ1v) is 11.8. The number of aryl methyl sites for hydroxylation is 1. The number of para-hydroxylation sites is 2. The second-order valence-corrected chi connectivity index (χ2v) is 9.22. The Balaban J connectivity index is 1.41. The van der Waals surface area contributed by atoms with E-state index in [1.807, 2.05) is 49.4 Å². The van der Waals surface area contributed by atoms with Crippen molar-refractivity contribution in [3.05, 3.63) is 48.5 Å². The summed E-state index contributed by atoms with van der Waals surface area (Å²) in [6, 6.07) is 15.9. The fourth-order valence-corrected chi connectivity index (χ4v) is 5.30. The Morgan fingerprint density at radius 3 is 2.71 bits per heavy atom. The molecule has 5 rings (SSSR count). The zero-order valence-corrected chi connectivity index (χ0v) is 18.7. The van der Waals surface area contributed by atoms with Gasteiger partial charge in [0.1, 0.15) is 5.52 Å². The molecule has 0 spiro atoms. The molecule has 0 aliphatic carbocycles. The second-order valence-electron chi connectivity index (χ2n) is 7.02. The molecule has 0 saturated heterocycles. The Bertz CT molecular complexity index is 1380. The summed E-state index contributed by atoms with van der Waals surface area (Å²) in [5.41, 5.74) is 3.55. The zero-order valence-electron chi connectivity index (χ0n) is 17.1. The van der Waals surface area contributed by atoms with Crippen LogP contribution in [0.5, 0.6) is 0 Å². The summed E-state index contributed by atoms with van der Waals surface area (Å²) in [5, 5.41) is 13.5. The molecule has 3 heterocycles. The van der Waals surface area contributed by atoms with Gasteiger partial charge in [0.15, 0.2) is 10.8 Å². The van der Waals surface area contributed by atoms with Gasteiger partial charge in [-0.15, -0.1) is 10.2 Å². The Labute approximate surface area is 186 Å². The van der Waals surface area contributed by atoms with Crippen molar-refractivity contribution < 1.29 is 4.79 Å². The highest BCUT2D eigenvalue weighted by molar-refractivity contribution is 8.00. The predicted octanol–water partition coefficient (Wildman–Crippen LogP) is 5.12. The third kappa shape index (κ3) is 3.64. The Hall–Kier alpha value is -3.04. The molecule has 5 aromatic rings. The second kappa shape index (κ2) is 8.24. The van der Waals surface area contributed by atoms with Gasteiger partial charge in [-0.1, -0.05) is 60.4 Å². The maximum Gasteiger partial charge on any atom is 0.239 e. The lowest BCUT2D eigenvalue weighted by atomic mass is 10.2. The molecule has 7 nitrogen and oxygen atoms in total. The first kappa shape index (κ1) is 19.9. The molecule has 1 amide bonds. The van der Waals surface area contributed by atoms with Gasteiger partial charge in [0.25, 0.3) is 0 Å². The molecule has 1 N–H and O–H groups in total. The summed E-state index contributed by atoms with van der Waals surface area (Å²) in [4.78, 5) is 22.2. The number of thiazole rings is 1. The molecule has 9 heteroatoms. The van der Waals surface area contributed by atoms with Crippen LogP contribution in [0.25, 0.3) is 32.3 Å². The van der Waals surface area contributed by atoms with E-state index in [9.17, 15) is 4.79 Å². The molecule has 1 atom stereocenters. The van der Waals surface area contributed by atoms with Crippen LogP contribution in [-0.2, 0) is 11.3 Å². The summed E-state index contributed by atoms with van der Waals surface area (Å²) in [7, 11) is 0. The molecule has 0 radical (unpaired) electrons. The van der Waals surface area contributed by atoms with Crippen LogP contribution in [0.4, 0.5) is 5.13 Å². The van der Waals surface area contributed by atoms with Crippen molar-refractivity contribution >= 4 is 66.4 Å². The maximum absolute atomic E-state index is 12.9. The number of aromatic nitrogens is 5. The smallest absolute Gasteiger partial charge is 0.239 e. The van der Waals surface area contributed by atoms with Gasteiger partial charge in [-0.2, -0.15) is 0 Å². The Morgan fingerprint density at radius 2 is 1.90 bits per heavy atom. The van der Waals surface area contributed by atoms with Gasteiger partial charge in [-0.05, 0) is 31.5 Å². The normalized spacial score (nSPS) is 12.6. The minimum Gasteiger partial charge on any atom is -0.324 e. The molecule has 0 unspecified atom stereocenters. The largest absolute Gasteiger partial charge is 0.324 e. The highest BCUT2D eigenvalue weighted by Gasteiger charge is 2.22. The van der Waals surface area contributed by atoms with Crippen molar-refractivity contribution in [3.8, 4) is 0 Å². The fraction of sp³-hybridized carbons (Fsp3) is 0.227. The maximum atomic E-state index is 12.9. The Morgan fingerprint density at radius 1 is 1.10 bits per heavy atom. The fourth-order valence-electron chi connectivity index (χ4n) is 3.62. The highest BCUT2D eigenvalue weighted by Crippen LogP contribution is 2.30. The van der Waals surface area contributed by atoms with E-state index in [1.54, 1.807) is 0 Å². The SMILES string of the molecule is CC[C@H](Sc1nnc2c3ccccc3n(CC)c2n1)C(=O)Nc1nc2ccccc2s1. The van der Waals surface area contributed by atoms with Crippen LogP contribution in [0, 0.1) is 0 Å². The lowest BCUT2D eigenvalue weighted by molar-refractivity contribution is -0.115. The molecule has 3 aromatic heterocycles. The van der Waals surface area contributed by atoms with Crippen molar-refractivity contribution in [2.45, 2.75) is 37.2 Å². The number of rotatable bonds is 6. The average molecular weight is 449 g/mol. The quantitative estimate of drug-likeness (QED) is 0.363. The third-order valence-corrected chi connectivity index (χ3v) is 7.27. The van der Waals surface area contributed by atoms with Gasteiger partial charge in [0.2, 0.25) is 11.1 Å². The van der Waals surface area contributed by atoms with Crippen LogP contribution >= 0.6 is 23.1 Å². The van der Waals surface area contributed by atoms with Gasteiger partial charge in [-0.3, -0.25) is 4.79 Å². The summed E-state index contributed by atoms with van der Waals surface area (Å²) < 4.78 is 3.18. The summed E-state index contributed by atoms with van der Waals surface area (Å²) in [6.07, 6.45) is 0.638. The molecule has 2 aromatic carbocycles. The Kier molecular flexibility index (Phi) is 5.29. The van der Waals surface area contributed by atoms with Crippen molar-refractivity contribution in [2.75, 3.05) is 5.32 Å². The number of nitrogens with one attached hydrogen (secondary N) is 1. The number of amides is 1. The third-order valence-electron chi connectivity index (χ3n) is 5.11. The molecule has 0 bridgehead atoms. The topological polar surface area (TPSA) is 85.6 Å². The van der Waals surface area contributed by atoms with E-state index in [0.717, 1.165) is 38.8 Å². The number of thioether (sulfide) groups is 1. The van der Waals surface area contributed by atoms with Crippen LogP contribution in [-0.4, -0.2) is 35.9 Å². The van der Waals surface area contributed by atoms with E-state index in [-0.39, 0.29) is 11.2 Å². The van der Waals surface area contributed by atoms with E-state index < -0.39 is 0 Å². The van der Waals surface area contributed by atoms with Crippen molar-refractivity contribution in [2.24, 2.45) is 0 Å². The van der Waals surface area contributed by atoms with Crippen molar-refractivity contribution in [3.63, 3.8) is 0 Å². The standard InChI is InChI=1S/C22H20N6OS2/c1-3-16(20(29)25-21-23-14-10-6-8-12-17(14)31-21)30-22-24-19-18(26-27-22)13-9-5-7-11-15(13)28(19)4-2/h5-12,16H,3-4H2,1-2H3,(H,23,25,29)/t16-/m0/s1. The molecule has 31 heavy (non-hydrogen) atoms. The van der Waals surface area contributed by atoms with Crippen LogP contribution < -0.4 is 5.32 Å². The summed E-state index contributed by atoms with van der Waals surface area (Å²) in [5.74, 6) is -0.105. The number of fused-ring (bicyclic) bond motifs is 4. The predicted molar refractivity (Wildman–Crippen MR) is 127 cm³/mol. The number of hydrogen-bond donors (Lipinski definition) is 1. The van der Waals surface area contributed by atoms with E-state index in [2.05, 4.69) is 38.1 Å². The number of carbonyl (C=O) groups excluding carboxylic acids is 1. The lowest BCUT2D eigenvalue weighted by Gasteiger charge is -2.12. The number of anilines is 1. The van der Waals surface area contributed by atoms with Crippen molar-refractivity contribution in [1.82, 2.24) is 24.7 Å². The van der Waals surface area contributed by atoms with Gasteiger partial charge < -0.3 is 9.88 Å². The average Bonchev–Trinajstić information content (AvgIpc) is 3.34. The molecule has 0 aliphatic rings. The summed E-state index contributed by atoms with van der Waals surface area (Å²) >= 11 is 2.80. The van der Waals surface area contributed by atoms with Crippen LogP contribution in [0.15, 0.2) is 53.7 Å². The molecule has 0 aliphatic heterocycles. The van der Waals surface area contributed by atoms with Crippen LogP contribution in [0.2, 0.25) is 0 Å². The molecular formula is C22H20N6OS2. The highest BCUT2D eigenvalue weighted by atomic mass is 32.2. The number of nitrogens with zero attached hydrogens (tertiary/aromatic N) is 5. The number of carbonyl (C=O) groups is 1. The van der Waals surface area contributed by atoms with E-state index in [4.69, 9.17) is 4.98 Å². The van der Waals surface area contributed by atoms with Crippen LogP contribution in [0.1, 0.15) is 20.3 Å². The van der Waals surface area contributed by atoms with Gasteiger partial charge >= 0.3 is 0 Å². The zero-order chi connectivity index (χ0) is 21.4. The molecule has 156 valence electrons. The molecular weight excluding hydrogens is 428 g/mol. The van der Waals surface area contributed by atoms with Crippen molar-refractivity contribution in [1.29, 1.82) is 0 Å². The van der Waals surface area contributed by atoms with Gasteiger partial charge in [0.05, 0.1) is 21.0 Å². The first-order chi connectivity index (χ1) is 15.2. The van der Waals surface area contributed by atoms with Gasteiger partial charge in [-0.25, -0.2) is 9.97 Å². The first-order valence-electron chi connectivity index (χ1n) is 10.1. The monoisotopic (exact) mass is 448 g/mol. The van der Waals surface area contributed by atoms with Crippen LogP contribution in [0.3, 0.4) is 0 Å². The van der Waals surface area contributed by atoms with E-state index >= 15 is 0 Å². The number of benzene rings is 2. The van der Waals surface area contributed by atoms with Gasteiger partial charge in [0, 0.05) is 11.9 Å².